The maximum absolute atomic E-state index is 13.3. The Balaban J connectivity index is 1.97. The van der Waals surface area contributed by atoms with Gasteiger partial charge in [-0.15, -0.1) is 11.3 Å². The summed E-state index contributed by atoms with van der Waals surface area (Å²) in [4.78, 5) is 32.2. The van der Waals surface area contributed by atoms with Crippen LogP contribution in [0.15, 0.2) is 67.3 Å². The maximum Gasteiger partial charge on any atom is 0.338 e. The molecule has 0 saturated carbocycles. The van der Waals surface area contributed by atoms with Crippen molar-refractivity contribution in [3.63, 3.8) is 0 Å². The van der Waals surface area contributed by atoms with Crippen LogP contribution in [0.2, 0.25) is 0 Å². The van der Waals surface area contributed by atoms with Crippen molar-refractivity contribution in [1.29, 1.82) is 0 Å². The molecule has 0 radical (unpaired) electrons. The Bertz CT molecular complexity index is 1270. The number of aromatic nitrogens is 1. The van der Waals surface area contributed by atoms with Gasteiger partial charge in [-0.1, -0.05) is 45.5 Å². The Kier molecular flexibility index (Phi) is 5.67. The lowest BCUT2D eigenvalue weighted by molar-refractivity contribution is -0.139. The lowest BCUT2D eigenvalue weighted by Gasteiger charge is -2.24. The highest BCUT2D eigenvalue weighted by Gasteiger charge is 2.33. The molecule has 0 amide bonds. The lowest BCUT2D eigenvalue weighted by Crippen LogP contribution is -2.39. The van der Waals surface area contributed by atoms with E-state index < -0.39 is 12.0 Å². The van der Waals surface area contributed by atoms with Crippen molar-refractivity contribution in [2.75, 3.05) is 6.61 Å². The number of hydrogen-bond donors (Lipinski definition) is 0. The number of benzene rings is 1. The number of rotatable bonds is 4. The summed E-state index contributed by atoms with van der Waals surface area (Å²) in [5, 5.41) is 1.97. The van der Waals surface area contributed by atoms with E-state index in [1.807, 2.05) is 47.9 Å². The number of nitrogens with zero attached hydrogens (tertiary/aromatic N) is 2. The van der Waals surface area contributed by atoms with Gasteiger partial charge < -0.3 is 4.74 Å². The van der Waals surface area contributed by atoms with Crippen LogP contribution in [-0.2, 0) is 9.53 Å². The summed E-state index contributed by atoms with van der Waals surface area (Å²) in [5.74, 6) is -0.450. The van der Waals surface area contributed by atoms with Gasteiger partial charge in [0.05, 0.1) is 28.5 Å². The van der Waals surface area contributed by atoms with Crippen molar-refractivity contribution in [3.05, 3.63) is 87.6 Å². The molecule has 0 spiro atoms. The second kappa shape index (κ2) is 8.22. The molecule has 8 heteroatoms. The predicted molar refractivity (Wildman–Crippen MR) is 119 cm³/mol. The molecule has 0 N–H and O–H groups in total. The number of allylic oxidation sites excluding steroid dienone is 1. The normalized spacial score (nSPS) is 16.5. The summed E-state index contributed by atoms with van der Waals surface area (Å²) in [6.45, 7) is 3.80. The molecule has 4 rings (SSSR count). The number of fused-ring (bicyclic) bond motifs is 1. The van der Waals surface area contributed by atoms with Crippen molar-refractivity contribution in [2.45, 2.75) is 19.9 Å². The van der Waals surface area contributed by atoms with Gasteiger partial charge in [-0.25, -0.2) is 9.79 Å². The van der Waals surface area contributed by atoms with E-state index in [1.54, 1.807) is 29.8 Å². The van der Waals surface area contributed by atoms with Gasteiger partial charge in [-0.3, -0.25) is 9.36 Å². The van der Waals surface area contributed by atoms with E-state index >= 15 is 0 Å². The highest BCUT2D eigenvalue weighted by atomic mass is 79.9. The molecule has 2 aromatic heterocycles. The molecule has 29 heavy (non-hydrogen) atoms. The molecule has 1 aliphatic heterocycles. The first-order valence-electron chi connectivity index (χ1n) is 8.98. The van der Waals surface area contributed by atoms with Crippen molar-refractivity contribution >= 4 is 50.6 Å². The molecule has 3 heterocycles. The number of carbonyl (C=O) groups is 1. The second-order valence-corrected chi connectivity index (χ2v) is 9.27. The third-order valence-electron chi connectivity index (χ3n) is 4.52. The van der Waals surface area contributed by atoms with Crippen LogP contribution in [0.3, 0.4) is 0 Å². The average molecular weight is 489 g/mol. The van der Waals surface area contributed by atoms with E-state index in [1.165, 1.54) is 11.3 Å². The van der Waals surface area contributed by atoms with Gasteiger partial charge in [0.15, 0.2) is 4.80 Å². The first-order chi connectivity index (χ1) is 14.0. The summed E-state index contributed by atoms with van der Waals surface area (Å²) in [7, 11) is 0. The molecule has 3 aromatic rings. The van der Waals surface area contributed by atoms with E-state index in [9.17, 15) is 9.59 Å². The second-order valence-electron chi connectivity index (χ2n) is 6.37. The predicted octanol–water partition coefficient (Wildman–Crippen LogP) is 3.62. The van der Waals surface area contributed by atoms with Crippen LogP contribution in [0.25, 0.3) is 6.08 Å². The Morgan fingerprint density at radius 2 is 2.07 bits per heavy atom. The molecule has 1 aromatic carbocycles. The van der Waals surface area contributed by atoms with Gasteiger partial charge in [-0.2, -0.15) is 0 Å². The van der Waals surface area contributed by atoms with E-state index in [0.717, 1.165) is 14.9 Å². The number of halogens is 1. The summed E-state index contributed by atoms with van der Waals surface area (Å²) in [5.41, 5.74) is 1.63. The molecular weight excluding hydrogens is 472 g/mol. The number of thiazole rings is 1. The van der Waals surface area contributed by atoms with E-state index in [0.29, 0.717) is 20.6 Å². The molecule has 0 saturated heterocycles. The number of thiophene rings is 1. The van der Waals surface area contributed by atoms with E-state index in [-0.39, 0.29) is 12.2 Å². The molecule has 0 bridgehead atoms. The third-order valence-corrected chi connectivity index (χ3v) is 6.85. The van der Waals surface area contributed by atoms with Crippen LogP contribution >= 0.6 is 38.6 Å². The van der Waals surface area contributed by atoms with Crippen LogP contribution in [-0.4, -0.2) is 17.1 Å². The van der Waals surface area contributed by atoms with Crippen molar-refractivity contribution in [3.8, 4) is 0 Å². The molecule has 1 atom stereocenters. The quantitative estimate of drug-likeness (QED) is 0.526. The zero-order valence-corrected chi connectivity index (χ0v) is 18.9. The van der Waals surface area contributed by atoms with Gasteiger partial charge in [-0.05, 0) is 49.1 Å². The largest absolute Gasteiger partial charge is 0.463 e. The standard InChI is InChI=1S/C21H17BrN2O3S2/c1-3-27-20(26)17-12(2)23-21-24(18(17)13-6-8-14(22)9-7-13)19(25)16(29-21)11-15-5-4-10-28-15/h4-11,18H,3H2,1-2H3/t18-/m0/s1. The first-order valence-corrected chi connectivity index (χ1v) is 11.5. The van der Waals surface area contributed by atoms with E-state index in [2.05, 4.69) is 20.9 Å². The van der Waals surface area contributed by atoms with Gasteiger partial charge in [0, 0.05) is 9.35 Å². The van der Waals surface area contributed by atoms with Crippen LogP contribution < -0.4 is 14.9 Å². The molecule has 0 aliphatic carbocycles. The average Bonchev–Trinajstić information content (AvgIpc) is 3.30. The topological polar surface area (TPSA) is 60.7 Å². The maximum atomic E-state index is 13.3. The molecular formula is C21H17BrN2O3S2. The van der Waals surface area contributed by atoms with Crippen molar-refractivity contribution in [1.82, 2.24) is 4.57 Å². The number of esters is 1. The summed E-state index contributed by atoms with van der Waals surface area (Å²) < 4.78 is 8.40. The Morgan fingerprint density at radius 3 is 2.72 bits per heavy atom. The minimum Gasteiger partial charge on any atom is -0.463 e. The van der Waals surface area contributed by atoms with Crippen LogP contribution in [0, 0.1) is 0 Å². The lowest BCUT2D eigenvalue weighted by atomic mass is 9.96. The van der Waals surface area contributed by atoms with Gasteiger partial charge in [0.25, 0.3) is 5.56 Å². The fraction of sp³-hybridized carbons (Fsp3) is 0.190. The Labute approximate surface area is 183 Å². The number of ether oxygens (including phenoxy) is 1. The van der Waals surface area contributed by atoms with Crippen molar-refractivity contribution in [2.24, 2.45) is 4.99 Å². The molecule has 0 fully saturated rings. The minimum atomic E-state index is -0.580. The SMILES string of the molecule is CCOC(=O)C1=C(C)N=c2sc(=Cc3cccs3)c(=O)n2[C@H]1c1ccc(Br)cc1. The highest BCUT2D eigenvalue weighted by Crippen LogP contribution is 2.31. The smallest absolute Gasteiger partial charge is 0.338 e. The molecule has 148 valence electrons. The minimum absolute atomic E-state index is 0.163. The number of hydrogen-bond acceptors (Lipinski definition) is 6. The summed E-state index contributed by atoms with van der Waals surface area (Å²) in [6.07, 6.45) is 1.87. The van der Waals surface area contributed by atoms with Gasteiger partial charge >= 0.3 is 5.97 Å². The van der Waals surface area contributed by atoms with Crippen LogP contribution in [0.4, 0.5) is 0 Å². The molecule has 0 unspecified atom stereocenters. The third kappa shape index (κ3) is 3.80. The van der Waals surface area contributed by atoms with Gasteiger partial charge in [0.2, 0.25) is 0 Å². The van der Waals surface area contributed by atoms with Crippen LogP contribution in [0.5, 0.6) is 0 Å². The highest BCUT2D eigenvalue weighted by molar-refractivity contribution is 9.10. The number of carbonyl (C=O) groups excluding carboxylic acids is 1. The zero-order chi connectivity index (χ0) is 20.5. The monoisotopic (exact) mass is 488 g/mol. The van der Waals surface area contributed by atoms with Gasteiger partial charge in [0.1, 0.15) is 0 Å². The zero-order valence-electron chi connectivity index (χ0n) is 15.7. The molecule has 1 aliphatic rings. The summed E-state index contributed by atoms with van der Waals surface area (Å²) in [6, 6.07) is 10.9. The van der Waals surface area contributed by atoms with Crippen LogP contribution in [0.1, 0.15) is 30.3 Å². The van der Waals surface area contributed by atoms with Crippen molar-refractivity contribution < 1.29 is 9.53 Å². The first kappa shape index (κ1) is 20.0. The molecule has 5 nitrogen and oxygen atoms in total. The Morgan fingerprint density at radius 1 is 1.31 bits per heavy atom. The Hall–Kier alpha value is -2.29. The van der Waals surface area contributed by atoms with E-state index in [4.69, 9.17) is 4.74 Å². The fourth-order valence-electron chi connectivity index (χ4n) is 3.25. The fourth-order valence-corrected chi connectivity index (χ4v) is 5.29. The summed E-state index contributed by atoms with van der Waals surface area (Å²) >= 11 is 6.34.